The van der Waals surface area contributed by atoms with Gasteiger partial charge in [0.2, 0.25) is 0 Å². The fourth-order valence-electron chi connectivity index (χ4n) is 2.58. The molecule has 6 nitrogen and oxygen atoms in total. The Kier molecular flexibility index (Phi) is 8.12. The van der Waals surface area contributed by atoms with Crippen LogP contribution in [-0.4, -0.2) is 35.6 Å². The number of halogens is 1. The molecule has 3 rings (SSSR count). The first-order valence-corrected chi connectivity index (χ1v) is 11.9. The number of carbonyl (C=O) groups is 1. The van der Waals surface area contributed by atoms with E-state index in [0.29, 0.717) is 24.7 Å². The van der Waals surface area contributed by atoms with Crippen LogP contribution in [0.25, 0.3) is 10.2 Å². The van der Waals surface area contributed by atoms with Crippen LogP contribution in [0.2, 0.25) is 0 Å². The van der Waals surface area contributed by atoms with Crippen LogP contribution >= 0.6 is 39.0 Å². The van der Waals surface area contributed by atoms with Crippen molar-refractivity contribution in [1.29, 1.82) is 0 Å². The predicted octanol–water partition coefficient (Wildman–Crippen LogP) is 5.49. The number of carbonyl (C=O) groups excluding carboxylic acids is 1. The van der Waals surface area contributed by atoms with Crippen molar-refractivity contribution in [2.75, 3.05) is 13.2 Å². The number of aromatic nitrogens is 1. The van der Waals surface area contributed by atoms with Crippen molar-refractivity contribution in [3.8, 4) is 11.5 Å². The summed E-state index contributed by atoms with van der Waals surface area (Å²) in [5, 5.41) is 3.77. The van der Waals surface area contributed by atoms with Gasteiger partial charge in [0.05, 0.1) is 39.4 Å². The van der Waals surface area contributed by atoms with Gasteiger partial charge in [-0.1, -0.05) is 23.9 Å². The first-order chi connectivity index (χ1) is 14.5. The van der Waals surface area contributed by atoms with Gasteiger partial charge >= 0.3 is 0 Å². The molecule has 0 fully saturated rings. The lowest BCUT2D eigenvalue weighted by molar-refractivity contribution is -0.120. The van der Waals surface area contributed by atoms with Crippen molar-refractivity contribution in [1.82, 2.24) is 10.4 Å². The van der Waals surface area contributed by atoms with E-state index in [1.807, 2.05) is 57.2 Å². The van der Waals surface area contributed by atoms with Crippen molar-refractivity contribution < 1.29 is 14.3 Å². The topological polar surface area (TPSA) is 72.8 Å². The van der Waals surface area contributed by atoms with Gasteiger partial charge in [0.1, 0.15) is 0 Å². The number of nitrogens with zero attached hydrogens (tertiary/aromatic N) is 2. The van der Waals surface area contributed by atoms with E-state index >= 15 is 0 Å². The summed E-state index contributed by atoms with van der Waals surface area (Å²) in [5.74, 6) is 1.09. The van der Waals surface area contributed by atoms with Crippen LogP contribution in [0.3, 0.4) is 0 Å². The highest BCUT2D eigenvalue weighted by atomic mass is 79.9. The Hall–Kier alpha value is -2.10. The second kappa shape index (κ2) is 10.8. The smallest absolute Gasteiger partial charge is 0.253 e. The molecule has 0 spiro atoms. The number of nitrogens with one attached hydrogen (secondary N) is 1. The highest BCUT2D eigenvalue weighted by molar-refractivity contribution is 9.10. The van der Waals surface area contributed by atoms with E-state index in [9.17, 15) is 4.79 Å². The standard InChI is InChI=1S/C21H22BrN3O3S2/c1-4-27-17-11-14(10-15(22)19(17)28-5-2)12-23-25-20(26)13(3)29-21-24-16-8-6-7-9-18(16)30-21/h6-13H,4-5H2,1-3H3,(H,25,26). The zero-order valence-corrected chi connectivity index (χ0v) is 20.1. The lowest BCUT2D eigenvalue weighted by Crippen LogP contribution is -2.26. The van der Waals surface area contributed by atoms with Gasteiger partial charge in [-0.15, -0.1) is 11.3 Å². The van der Waals surface area contributed by atoms with Crippen LogP contribution in [0.15, 0.2) is 50.3 Å². The summed E-state index contributed by atoms with van der Waals surface area (Å²) in [5.41, 5.74) is 4.32. The Morgan fingerprint density at radius 2 is 2.07 bits per heavy atom. The zero-order chi connectivity index (χ0) is 21.5. The zero-order valence-electron chi connectivity index (χ0n) is 16.8. The maximum absolute atomic E-state index is 12.4. The van der Waals surface area contributed by atoms with E-state index in [2.05, 4.69) is 31.4 Å². The molecule has 2 aromatic carbocycles. The molecule has 0 bridgehead atoms. The number of hydrogen-bond acceptors (Lipinski definition) is 7. The number of benzene rings is 2. The predicted molar refractivity (Wildman–Crippen MR) is 127 cm³/mol. The summed E-state index contributed by atoms with van der Waals surface area (Å²) in [6.07, 6.45) is 1.58. The van der Waals surface area contributed by atoms with Crippen molar-refractivity contribution in [2.24, 2.45) is 5.10 Å². The highest BCUT2D eigenvalue weighted by Gasteiger charge is 2.16. The molecular formula is C21H22BrN3O3S2. The molecule has 1 N–H and O–H groups in total. The average Bonchev–Trinajstić information content (AvgIpc) is 3.13. The molecule has 0 radical (unpaired) electrons. The number of thiazole rings is 1. The van der Waals surface area contributed by atoms with Gasteiger partial charge in [0.25, 0.3) is 5.91 Å². The van der Waals surface area contributed by atoms with Crippen LogP contribution in [0.1, 0.15) is 26.3 Å². The van der Waals surface area contributed by atoms with Gasteiger partial charge in [-0.05, 0) is 66.5 Å². The molecule has 1 unspecified atom stereocenters. The van der Waals surface area contributed by atoms with Crippen LogP contribution in [-0.2, 0) is 4.79 Å². The van der Waals surface area contributed by atoms with Gasteiger partial charge in [-0.2, -0.15) is 5.10 Å². The van der Waals surface area contributed by atoms with Crippen LogP contribution < -0.4 is 14.9 Å². The molecule has 1 heterocycles. The van der Waals surface area contributed by atoms with E-state index in [0.717, 1.165) is 24.6 Å². The Bertz CT molecular complexity index is 1020. The third-order valence-electron chi connectivity index (χ3n) is 3.93. The third kappa shape index (κ3) is 5.74. The van der Waals surface area contributed by atoms with Crippen molar-refractivity contribution in [3.63, 3.8) is 0 Å². The minimum atomic E-state index is -0.325. The molecule has 1 atom stereocenters. The summed E-state index contributed by atoms with van der Waals surface area (Å²) in [4.78, 5) is 17.0. The number of ether oxygens (including phenoxy) is 2. The molecule has 9 heteroatoms. The molecule has 158 valence electrons. The van der Waals surface area contributed by atoms with E-state index in [4.69, 9.17) is 9.47 Å². The Morgan fingerprint density at radius 1 is 1.30 bits per heavy atom. The number of hydrazone groups is 1. The van der Waals surface area contributed by atoms with Gasteiger partial charge in [-0.3, -0.25) is 4.79 Å². The fourth-order valence-corrected chi connectivity index (χ4v) is 5.36. The van der Waals surface area contributed by atoms with Crippen molar-refractivity contribution in [2.45, 2.75) is 30.4 Å². The molecule has 1 aromatic heterocycles. The molecular weight excluding hydrogens is 486 g/mol. The molecule has 3 aromatic rings. The monoisotopic (exact) mass is 507 g/mol. The number of fused-ring (bicyclic) bond motifs is 1. The quantitative estimate of drug-likeness (QED) is 0.235. The summed E-state index contributed by atoms with van der Waals surface area (Å²) >= 11 is 6.50. The molecule has 0 aliphatic carbocycles. The number of hydrogen-bond donors (Lipinski definition) is 1. The molecule has 0 saturated carbocycles. The van der Waals surface area contributed by atoms with Crippen molar-refractivity contribution in [3.05, 3.63) is 46.4 Å². The Morgan fingerprint density at radius 3 is 2.80 bits per heavy atom. The summed E-state index contributed by atoms with van der Waals surface area (Å²) < 4.78 is 14.0. The van der Waals surface area contributed by atoms with Gasteiger partial charge in [-0.25, -0.2) is 10.4 Å². The largest absolute Gasteiger partial charge is 0.490 e. The van der Waals surface area contributed by atoms with Crippen LogP contribution in [0.4, 0.5) is 0 Å². The van der Waals surface area contributed by atoms with Gasteiger partial charge in [0, 0.05) is 0 Å². The van der Waals surface area contributed by atoms with Gasteiger partial charge in [0.15, 0.2) is 15.8 Å². The molecule has 0 aliphatic rings. The number of thioether (sulfide) groups is 1. The van der Waals surface area contributed by atoms with E-state index in [1.54, 1.807) is 17.6 Å². The minimum Gasteiger partial charge on any atom is -0.490 e. The third-order valence-corrected chi connectivity index (χ3v) is 6.75. The lowest BCUT2D eigenvalue weighted by Gasteiger charge is -2.13. The number of para-hydroxylation sites is 1. The fraction of sp³-hybridized carbons (Fsp3) is 0.286. The molecule has 1 amide bonds. The summed E-state index contributed by atoms with van der Waals surface area (Å²) in [6.45, 7) is 6.72. The molecule has 0 aliphatic heterocycles. The average molecular weight is 508 g/mol. The first-order valence-electron chi connectivity index (χ1n) is 9.46. The normalized spacial score (nSPS) is 12.3. The Balaban J connectivity index is 1.63. The SMILES string of the molecule is CCOc1cc(C=NNC(=O)C(C)Sc2nc3ccccc3s2)cc(Br)c1OCC. The summed E-state index contributed by atoms with van der Waals surface area (Å²) in [6, 6.07) is 11.6. The molecule has 30 heavy (non-hydrogen) atoms. The summed E-state index contributed by atoms with van der Waals surface area (Å²) in [7, 11) is 0. The van der Waals surface area contributed by atoms with E-state index < -0.39 is 0 Å². The van der Waals surface area contributed by atoms with Crippen LogP contribution in [0.5, 0.6) is 11.5 Å². The maximum atomic E-state index is 12.4. The highest BCUT2D eigenvalue weighted by Crippen LogP contribution is 2.36. The maximum Gasteiger partial charge on any atom is 0.253 e. The minimum absolute atomic E-state index is 0.189. The second-order valence-corrected chi connectivity index (χ2v) is 9.61. The first kappa shape index (κ1) is 22.6. The van der Waals surface area contributed by atoms with Gasteiger partial charge < -0.3 is 9.47 Å². The van der Waals surface area contributed by atoms with E-state index in [-0.39, 0.29) is 11.2 Å². The number of amides is 1. The number of rotatable bonds is 9. The second-order valence-electron chi connectivity index (χ2n) is 6.14. The lowest BCUT2D eigenvalue weighted by atomic mass is 10.2. The Labute approximate surface area is 192 Å². The van der Waals surface area contributed by atoms with E-state index in [1.165, 1.54) is 11.8 Å². The van der Waals surface area contributed by atoms with Crippen LogP contribution in [0, 0.1) is 0 Å². The molecule has 0 saturated heterocycles. The van der Waals surface area contributed by atoms with Crippen molar-refractivity contribution >= 4 is 61.4 Å².